The van der Waals surface area contributed by atoms with Gasteiger partial charge in [-0.05, 0) is 0 Å². The maximum absolute atomic E-state index is 11.3. The predicted molar refractivity (Wildman–Crippen MR) is 61.2 cm³/mol. The molecule has 0 aliphatic carbocycles. The molecule has 4 nitrogen and oxygen atoms in total. The van der Waals surface area contributed by atoms with Gasteiger partial charge in [0.05, 0.1) is 18.5 Å². The van der Waals surface area contributed by atoms with Crippen LogP contribution in [0.2, 0.25) is 0 Å². The highest BCUT2D eigenvalue weighted by Crippen LogP contribution is 2.06. The average molecular weight is 256 g/mol. The van der Waals surface area contributed by atoms with E-state index in [1.54, 1.807) is 6.92 Å². The van der Waals surface area contributed by atoms with Crippen LogP contribution in [0.3, 0.4) is 0 Å². The molecule has 0 aromatic heterocycles. The standard InChI is InChI=1S/C9H18ClNO3S/c1-2-15(12,13)6-4-11-3-5-14-9(7-10)8-11/h9H,2-8H2,1H3. The van der Waals surface area contributed by atoms with Gasteiger partial charge in [-0.1, -0.05) is 6.92 Å². The van der Waals surface area contributed by atoms with Gasteiger partial charge >= 0.3 is 0 Å². The van der Waals surface area contributed by atoms with Gasteiger partial charge in [0.15, 0.2) is 9.84 Å². The van der Waals surface area contributed by atoms with E-state index in [9.17, 15) is 8.42 Å². The summed E-state index contributed by atoms with van der Waals surface area (Å²) in [7, 11) is -2.86. The number of alkyl halides is 1. The molecule has 1 heterocycles. The molecule has 0 spiro atoms. The highest BCUT2D eigenvalue weighted by Gasteiger charge is 2.20. The molecule has 0 aromatic rings. The van der Waals surface area contributed by atoms with E-state index >= 15 is 0 Å². The van der Waals surface area contributed by atoms with E-state index in [2.05, 4.69) is 4.90 Å². The Morgan fingerprint density at radius 1 is 1.53 bits per heavy atom. The van der Waals surface area contributed by atoms with Crippen molar-refractivity contribution < 1.29 is 13.2 Å². The fourth-order valence-corrected chi connectivity index (χ4v) is 2.50. The Morgan fingerprint density at radius 3 is 2.87 bits per heavy atom. The van der Waals surface area contributed by atoms with Gasteiger partial charge in [0.25, 0.3) is 0 Å². The smallest absolute Gasteiger partial charge is 0.151 e. The van der Waals surface area contributed by atoms with E-state index in [0.29, 0.717) is 19.0 Å². The van der Waals surface area contributed by atoms with E-state index in [1.165, 1.54) is 0 Å². The van der Waals surface area contributed by atoms with Gasteiger partial charge in [-0.15, -0.1) is 11.6 Å². The maximum Gasteiger partial charge on any atom is 0.151 e. The Bertz CT molecular complexity index is 281. The van der Waals surface area contributed by atoms with Crippen molar-refractivity contribution in [2.24, 2.45) is 0 Å². The predicted octanol–water partition coefficient (Wildman–Crippen LogP) is 0.361. The van der Waals surface area contributed by atoms with Crippen molar-refractivity contribution >= 4 is 21.4 Å². The topological polar surface area (TPSA) is 46.6 Å². The summed E-state index contributed by atoms with van der Waals surface area (Å²) in [5.74, 6) is 0.922. The molecule has 1 atom stereocenters. The van der Waals surface area contributed by atoms with Crippen LogP contribution in [0.5, 0.6) is 0 Å². The number of sulfone groups is 1. The average Bonchev–Trinajstić information content (AvgIpc) is 2.27. The molecule has 1 saturated heterocycles. The van der Waals surface area contributed by atoms with Gasteiger partial charge < -0.3 is 4.74 Å². The molecule has 0 bridgehead atoms. The number of morpholine rings is 1. The number of halogens is 1. The molecule has 1 fully saturated rings. The summed E-state index contributed by atoms with van der Waals surface area (Å²) in [6.07, 6.45) is 0.0461. The summed E-state index contributed by atoms with van der Waals surface area (Å²) in [4.78, 5) is 2.10. The monoisotopic (exact) mass is 255 g/mol. The largest absolute Gasteiger partial charge is 0.374 e. The van der Waals surface area contributed by atoms with Crippen LogP contribution >= 0.6 is 11.6 Å². The third-order valence-corrected chi connectivity index (χ3v) is 4.58. The first-order valence-corrected chi connectivity index (χ1v) is 7.53. The lowest BCUT2D eigenvalue weighted by molar-refractivity contribution is -0.0141. The third kappa shape index (κ3) is 4.68. The summed E-state index contributed by atoms with van der Waals surface area (Å²) in [6, 6.07) is 0. The zero-order valence-corrected chi connectivity index (χ0v) is 10.6. The summed E-state index contributed by atoms with van der Waals surface area (Å²) in [5.41, 5.74) is 0. The van der Waals surface area contributed by atoms with E-state index in [0.717, 1.165) is 13.1 Å². The van der Waals surface area contributed by atoms with Crippen LogP contribution in [0, 0.1) is 0 Å². The molecule has 1 rings (SSSR count). The van der Waals surface area contributed by atoms with Gasteiger partial charge in [-0.2, -0.15) is 0 Å². The summed E-state index contributed by atoms with van der Waals surface area (Å²) < 4.78 is 28.0. The Balaban J connectivity index is 2.33. The van der Waals surface area contributed by atoms with E-state index in [4.69, 9.17) is 16.3 Å². The minimum absolute atomic E-state index is 0.0461. The highest BCUT2D eigenvalue weighted by atomic mass is 35.5. The molecule has 15 heavy (non-hydrogen) atoms. The number of ether oxygens (including phenoxy) is 1. The van der Waals surface area contributed by atoms with Crippen LogP contribution in [0.25, 0.3) is 0 Å². The van der Waals surface area contributed by atoms with Crippen molar-refractivity contribution in [1.29, 1.82) is 0 Å². The highest BCUT2D eigenvalue weighted by molar-refractivity contribution is 7.91. The van der Waals surface area contributed by atoms with Gasteiger partial charge in [-0.3, -0.25) is 4.90 Å². The molecule has 1 aliphatic heterocycles. The lowest BCUT2D eigenvalue weighted by Gasteiger charge is -2.31. The van der Waals surface area contributed by atoms with Gasteiger partial charge in [0, 0.05) is 31.3 Å². The first kappa shape index (κ1) is 13.2. The van der Waals surface area contributed by atoms with Crippen LogP contribution in [0.1, 0.15) is 6.92 Å². The first-order valence-electron chi connectivity index (χ1n) is 5.17. The molecule has 0 aromatic carbocycles. The molecular formula is C9H18ClNO3S. The fraction of sp³-hybridized carbons (Fsp3) is 1.00. The van der Waals surface area contributed by atoms with Crippen LogP contribution in [0.4, 0.5) is 0 Å². The Hall–Kier alpha value is 0.160. The van der Waals surface area contributed by atoms with Crippen molar-refractivity contribution in [2.45, 2.75) is 13.0 Å². The Morgan fingerprint density at radius 2 is 2.27 bits per heavy atom. The minimum atomic E-state index is -2.86. The first-order chi connectivity index (χ1) is 7.07. The van der Waals surface area contributed by atoms with Crippen molar-refractivity contribution in [3.63, 3.8) is 0 Å². The lowest BCUT2D eigenvalue weighted by Crippen LogP contribution is -2.45. The molecule has 90 valence electrons. The molecule has 1 unspecified atom stereocenters. The Kier molecular flexibility index (Phi) is 5.32. The van der Waals surface area contributed by atoms with Gasteiger partial charge in [-0.25, -0.2) is 8.42 Å². The van der Waals surface area contributed by atoms with Crippen LogP contribution in [-0.2, 0) is 14.6 Å². The normalized spacial score (nSPS) is 24.3. The van der Waals surface area contributed by atoms with Crippen molar-refractivity contribution in [1.82, 2.24) is 4.90 Å². The summed E-state index contributed by atoms with van der Waals surface area (Å²) >= 11 is 5.69. The van der Waals surface area contributed by atoms with E-state index in [1.807, 2.05) is 0 Å². The maximum atomic E-state index is 11.3. The second-order valence-corrected chi connectivity index (χ2v) is 6.47. The molecule has 0 saturated carbocycles. The zero-order valence-electron chi connectivity index (χ0n) is 8.99. The zero-order chi connectivity index (χ0) is 11.3. The quantitative estimate of drug-likeness (QED) is 0.666. The molecule has 0 N–H and O–H groups in total. The molecular weight excluding hydrogens is 238 g/mol. The minimum Gasteiger partial charge on any atom is -0.374 e. The van der Waals surface area contributed by atoms with Crippen LogP contribution < -0.4 is 0 Å². The van der Waals surface area contributed by atoms with E-state index in [-0.39, 0.29) is 17.6 Å². The van der Waals surface area contributed by atoms with Crippen molar-refractivity contribution in [3.8, 4) is 0 Å². The third-order valence-electron chi connectivity index (χ3n) is 2.55. The SMILES string of the molecule is CCS(=O)(=O)CCN1CCOC(CCl)C1. The van der Waals surface area contributed by atoms with Crippen LogP contribution in [0.15, 0.2) is 0 Å². The molecule has 0 amide bonds. The van der Waals surface area contributed by atoms with Crippen LogP contribution in [-0.4, -0.2) is 63.0 Å². The van der Waals surface area contributed by atoms with Gasteiger partial charge in [0.1, 0.15) is 0 Å². The molecule has 1 aliphatic rings. The summed E-state index contributed by atoms with van der Waals surface area (Å²) in [5, 5.41) is 0. The van der Waals surface area contributed by atoms with E-state index < -0.39 is 9.84 Å². The number of hydrogen-bond acceptors (Lipinski definition) is 4. The molecule has 6 heteroatoms. The fourth-order valence-electron chi connectivity index (χ4n) is 1.49. The summed E-state index contributed by atoms with van der Waals surface area (Å²) in [6.45, 7) is 4.45. The second kappa shape index (κ2) is 6.03. The molecule has 0 radical (unpaired) electrons. The number of rotatable bonds is 5. The number of hydrogen-bond donors (Lipinski definition) is 0. The van der Waals surface area contributed by atoms with Crippen molar-refractivity contribution in [2.75, 3.05) is 43.6 Å². The Labute approximate surface area is 96.5 Å². The lowest BCUT2D eigenvalue weighted by atomic mass is 10.3. The number of nitrogens with zero attached hydrogens (tertiary/aromatic N) is 1. The second-order valence-electron chi connectivity index (χ2n) is 3.68. The van der Waals surface area contributed by atoms with Gasteiger partial charge in [0.2, 0.25) is 0 Å². The van der Waals surface area contributed by atoms with Crippen molar-refractivity contribution in [3.05, 3.63) is 0 Å².